The Balaban J connectivity index is 0.000000202. The predicted octanol–water partition coefficient (Wildman–Crippen LogP) is -0.216. The summed E-state index contributed by atoms with van der Waals surface area (Å²) >= 11 is 0. The first-order valence-corrected chi connectivity index (χ1v) is 4.29. The van der Waals surface area contributed by atoms with Gasteiger partial charge in [0.25, 0.3) is 0 Å². The lowest BCUT2D eigenvalue weighted by Crippen LogP contribution is -2.16. The Hall–Kier alpha value is -0.160. The van der Waals surface area contributed by atoms with Crippen molar-refractivity contribution in [2.75, 3.05) is 39.6 Å². The van der Waals surface area contributed by atoms with Crippen LogP contribution in [0.5, 0.6) is 0 Å². The molecule has 0 bridgehead atoms. The van der Waals surface area contributed by atoms with Gasteiger partial charge >= 0.3 is 0 Å². The maximum Gasteiger partial charge on any atom is 0.0701 e. The van der Waals surface area contributed by atoms with Crippen molar-refractivity contribution < 1.29 is 19.7 Å². The largest absolute Gasteiger partial charge is 0.396 e. The fraction of sp³-hybridized carbons (Fsp3) is 1.00. The SMILES string of the molecule is C1COCCO1.OCCCCO. The van der Waals surface area contributed by atoms with Crippen molar-refractivity contribution in [3.05, 3.63) is 0 Å². The van der Waals surface area contributed by atoms with Crippen LogP contribution in [0.25, 0.3) is 0 Å². The third-order valence-corrected chi connectivity index (χ3v) is 1.31. The molecule has 1 aliphatic rings. The Kier molecular flexibility index (Phi) is 10.7. The van der Waals surface area contributed by atoms with Gasteiger partial charge in [-0.15, -0.1) is 0 Å². The number of aliphatic hydroxyl groups is 2. The highest BCUT2D eigenvalue weighted by Gasteiger charge is 1.94. The summed E-state index contributed by atoms with van der Waals surface area (Å²) in [5.74, 6) is 0. The maximum absolute atomic E-state index is 8.09. The lowest BCUT2D eigenvalue weighted by atomic mass is 10.3. The van der Waals surface area contributed by atoms with Crippen LogP contribution < -0.4 is 0 Å². The van der Waals surface area contributed by atoms with Crippen LogP contribution in [0.3, 0.4) is 0 Å². The summed E-state index contributed by atoms with van der Waals surface area (Å²) in [6.45, 7) is 3.50. The van der Waals surface area contributed by atoms with E-state index in [1.165, 1.54) is 0 Å². The minimum absolute atomic E-state index is 0.195. The standard InChI is InChI=1S/C4H8O2.C4H10O2/c1-2-6-4-3-5-1;5-3-1-2-4-6/h1-4H2;5-6H,1-4H2. The summed E-state index contributed by atoms with van der Waals surface area (Å²) < 4.78 is 9.89. The van der Waals surface area contributed by atoms with Gasteiger partial charge in [-0.3, -0.25) is 0 Å². The Morgan fingerprint density at radius 2 is 1.08 bits per heavy atom. The van der Waals surface area contributed by atoms with Gasteiger partial charge < -0.3 is 19.7 Å². The fourth-order valence-electron chi connectivity index (χ4n) is 0.663. The van der Waals surface area contributed by atoms with Crippen molar-refractivity contribution >= 4 is 0 Å². The average molecular weight is 178 g/mol. The second-order valence-electron chi connectivity index (χ2n) is 2.38. The van der Waals surface area contributed by atoms with Crippen molar-refractivity contribution in [2.24, 2.45) is 0 Å². The molecule has 0 amide bonds. The highest BCUT2D eigenvalue weighted by Crippen LogP contribution is 1.85. The Morgan fingerprint density at radius 1 is 0.750 bits per heavy atom. The first-order valence-electron chi connectivity index (χ1n) is 4.29. The molecule has 0 atom stereocenters. The van der Waals surface area contributed by atoms with Crippen molar-refractivity contribution in [2.45, 2.75) is 12.8 Å². The molecular formula is C8H18O4. The van der Waals surface area contributed by atoms with Crippen molar-refractivity contribution in [3.63, 3.8) is 0 Å². The van der Waals surface area contributed by atoms with E-state index in [4.69, 9.17) is 19.7 Å². The molecule has 1 aliphatic heterocycles. The Morgan fingerprint density at radius 3 is 1.25 bits per heavy atom. The molecule has 0 aliphatic carbocycles. The molecule has 1 rings (SSSR count). The van der Waals surface area contributed by atoms with Gasteiger partial charge in [0, 0.05) is 13.2 Å². The molecule has 1 heterocycles. The van der Waals surface area contributed by atoms with Gasteiger partial charge in [-0.05, 0) is 12.8 Å². The van der Waals surface area contributed by atoms with Crippen LogP contribution >= 0.6 is 0 Å². The predicted molar refractivity (Wildman–Crippen MR) is 45.0 cm³/mol. The van der Waals surface area contributed by atoms with Crippen molar-refractivity contribution in [1.29, 1.82) is 0 Å². The lowest BCUT2D eigenvalue weighted by Gasteiger charge is -2.09. The molecule has 0 aromatic heterocycles. The fourth-order valence-corrected chi connectivity index (χ4v) is 0.663. The first-order chi connectivity index (χ1) is 5.91. The van der Waals surface area contributed by atoms with E-state index in [-0.39, 0.29) is 13.2 Å². The second-order valence-corrected chi connectivity index (χ2v) is 2.38. The van der Waals surface area contributed by atoms with Gasteiger partial charge in [-0.1, -0.05) is 0 Å². The van der Waals surface area contributed by atoms with E-state index in [1.54, 1.807) is 0 Å². The van der Waals surface area contributed by atoms with Crippen molar-refractivity contribution in [3.8, 4) is 0 Å². The van der Waals surface area contributed by atoms with Crippen LogP contribution in [0, 0.1) is 0 Å². The average Bonchev–Trinajstić information content (AvgIpc) is 2.18. The number of aliphatic hydroxyl groups excluding tert-OH is 2. The van der Waals surface area contributed by atoms with Gasteiger partial charge in [0.2, 0.25) is 0 Å². The maximum atomic E-state index is 8.09. The Bertz CT molecular complexity index is 57.9. The quantitative estimate of drug-likeness (QED) is 0.587. The molecule has 0 aromatic carbocycles. The summed E-state index contributed by atoms with van der Waals surface area (Å²) in [4.78, 5) is 0. The highest BCUT2D eigenvalue weighted by atomic mass is 16.6. The Labute approximate surface area is 73.1 Å². The van der Waals surface area contributed by atoms with E-state index in [1.807, 2.05) is 0 Å². The third-order valence-electron chi connectivity index (χ3n) is 1.31. The van der Waals surface area contributed by atoms with Crippen LogP contribution in [0.2, 0.25) is 0 Å². The van der Waals surface area contributed by atoms with E-state index in [0.717, 1.165) is 39.3 Å². The van der Waals surface area contributed by atoms with Crippen LogP contribution in [-0.2, 0) is 9.47 Å². The molecule has 2 N–H and O–H groups in total. The van der Waals surface area contributed by atoms with E-state index in [9.17, 15) is 0 Å². The molecule has 0 aromatic rings. The highest BCUT2D eigenvalue weighted by molar-refractivity contribution is 4.37. The lowest BCUT2D eigenvalue weighted by molar-refractivity contribution is -0.0334. The summed E-state index contributed by atoms with van der Waals surface area (Å²) in [6, 6.07) is 0. The number of unbranched alkanes of at least 4 members (excludes halogenated alkanes) is 1. The summed E-state index contributed by atoms with van der Waals surface area (Å²) in [7, 11) is 0. The topological polar surface area (TPSA) is 58.9 Å². The molecule has 4 nitrogen and oxygen atoms in total. The minimum atomic E-state index is 0.195. The number of ether oxygens (including phenoxy) is 2. The van der Waals surface area contributed by atoms with Gasteiger partial charge in [0.05, 0.1) is 26.4 Å². The van der Waals surface area contributed by atoms with E-state index >= 15 is 0 Å². The van der Waals surface area contributed by atoms with E-state index < -0.39 is 0 Å². The summed E-state index contributed by atoms with van der Waals surface area (Å²) in [6.07, 6.45) is 1.44. The third kappa shape index (κ3) is 9.84. The van der Waals surface area contributed by atoms with Gasteiger partial charge in [-0.25, -0.2) is 0 Å². The summed E-state index contributed by atoms with van der Waals surface area (Å²) in [5.41, 5.74) is 0. The molecule has 1 saturated heterocycles. The molecule has 12 heavy (non-hydrogen) atoms. The molecule has 0 radical (unpaired) electrons. The second kappa shape index (κ2) is 10.8. The molecule has 1 fully saturated rings. The number of hydrogen-bond donors (Lipinski definition) is 2. The van der Waals surface area contributed by atoms with Gasteiger partial charge in [-0.2, -0.15) is 0 Å². The first kappa shape index (κ1) is 11.8. The smallest absolute Gasteiger partial charge is 0.0701 e. The zero-order valence-corrected chi connectivity index (χ0v) is 7.37. The molecule has 0 saturated carbocycles. The van der Waals surface area contributed by atoms with Crippen LogP contribution in [0.1, 0.15) is 12.8 Å². The monoisotopic (exact) mass is 178 g/mol. The zero-order valence-electron chi connectivity index (χ0n) is 7.37. The zero-order chi connectivity index (χ0) is 9.07. The van der Waals surface area contributed by atoms with Crippen LogP contribution in [0.15, 0.2) is 0 Å². The van der Waals surface area contributed by atoms with Crippen LogP contribution in [-0.4, -0.2) is 49.9 Å². The van der Waals surface area contributed by atoms with Crippen LogP contribution in [0.4, 0.5) is 0 Å². The van der Waals surface area contributed by atoms with E-state index in [2.05, 4.69) is 0 Å². The number of rotatable bonds is 3. The minimum Gasteiger partial charge on any atom is -0.396 e. The normalized spacial score (nSPS) is 16.5. The van der Waals surface area contributed by atoms with Gasteiger partial charge in [0.15, 0.2) is 0 Å². The van der Waals surface area contributed by atoms with E-state index in [0.29, 0.717) is 0 Å². The molecular weight excluding hydrogens is 160 g/mol. The van der Waals surface area contributed by atoms with Crippen molar-refractivity contribution in [1.82, 2.24) is 0 Å². The van der Waals surface area contributed by atoms with Gasteiger partial charge in [0.1, 0.15) is 0 Å². The molecule has 4 heteroatoms. The molecule has 0 unspecified atom stereocenters. The molecule has 74 valence electrons. The molecule has 0 spiro atoms. The number of hydrogen-bond acceptors (Lipinski definition) is 4. The summed E-state index contributed by atoms with van der Waals surface area (Å²) in [5, 5.41) is 16.2.